The van der Waals surface area contributed by atoms with Crippen molar-refractivity contribution in [3.8, 4) is 5.69 Å². The van der Waals surface area contributed by atoms with E-state index in [9.17, 15) is 14.4 Å². The number of nitrogens with zero attached hydrogens (tertiary/aromatic N) is 5. The molecule has 0 saturated heterocycles. The SMILES string of the molecule is O=C(O)c1ccc(CC(=O)[C@H]2c3ccccc3CCN2C(=O)/C=C/c2cc(Cl)ccc2-n2cnnn2)cc1. The van der Waals surface area contributed by atoms with E-state index in [0.717, 1.165) is 11.1 Å². The van der Waals surface area contributed by atoms with Crippen LogP contribution in [0.2, 0.25) is 5.02 Å². The highest BCUT2D eigenvalue weighted by Gasteiger charge is 2.34. The van der Waals surface area contributed by atoms with Crippen molar-refractivity contribution in [3.63, 3.8) is 0 Å². The van der Waals surface area contributed by atoms with Crippen LogP contribution in [0, 0.1) is 0 Å². The molecule has 3 aromatic carbocycles. The number of aromatic carboxylic acids is 1. The van der Waals surface area contributed by atoms with Gasteiger partial charge in [-0.2, -0.15) is 4.68 Å². The van der Waals surface area contributed by atoms with Gasteiger partial charge in [-0.25, -0.2) is 4.79 Å². The van der Waals surface area contributed by atoms with Crippen molar-refractivity contribution in [2.45, 2.75) is 18.9 Å². The van der Waals surface area contributed by atoms with Crippen LogP contribution in [0.5, 0.6) is 0 Å². The summed E-state index contributed by atoms with van der Waals surface area (Å²) in [4.78, 5) is 39.9. The number of carbonyl (C=O) groups excluding carboxylic acids is 2. The van der Waals surface area contributed by atoms with Crippen LogP contribution in [-0.2, 0) is 22.4 Å². The van der Waals surface area contributed by atoms with Crippen LogP contribution < -0.4 is 0 Å². The van der Waals surface area contributed by atoms with Crippen LogP contribution in [0.4, 0.5) is 0 Å². The lowest BCUT2D eigenvalue weighted by molar-refractivity contribution is -0.136. The fourth-order valence-corrected chi connectivity index (χ4v) is 4.79. The fraction of sp³-hybridized carbons (Fsp3) is 0.143. The molecule has 0 bridgehead atoms. The number of fused-ring (bicyclic) bond motifs is 1. The molecule has 0 aliphatic carbocycles. The van der Waals surface area contributed by atoms with Gasteiger partial charge in [0.2, 0.25) is 5.91 Å². The maximum Gasteiger partial charge on any atom is 0.335 e. The van der Waals surface area contributed by atoms with Crippen molar-refractivity contribution < 1.29 is 19.5 Å². The van der Waals surface area contributed by atoms with Crippen molar-refractivity contribution in [1.29, 1.82) is 0 Å². The molecular weight excluding hydrogens is 506 g/mol. The molecule has 4 aromatic rings. The molecule has 2 heterocycles. The quantitative estimate of drug-likeness (QED) is 0.361. The third-order valence-electron chi connectivity index (χ3n) is 6.44. The zero-order valence-corrected chi connectivity index (χ0v) is 20.8. The van der Waals surface area contributed by atoms with Crippen LogP contribution in [0.3, 0.4) is 0 Å². The summed E-state index contributed by atoms with van der Waals surface area (Å²) in [7, 11) is 0. The number of benzene rings is 3. The van der Waals surface area contributed by atoms with Gasteiger partial charge in [-0.1, -0.05) is 48.0 Å². The van der Waals surface area contributed by atoms with Crippen molar-refractivity contribution in [2.75, 3.05) is 6.54 Å². The Morgan fingerprint density at radius 1 is 1.05 bits per heavy atom. The Balaban J connectivity index is 1.43. The molecule has 5 rings (SSSR count). The van der Waals surface area contributed by atoms with Crippen molar-refractivity contribution in [3.05, 3.63) is 112 Å². The molecular formula is C28H22ClN5O4. The van der Waals surface area contributed by atoms with E-state index in [4.69, 9.17) is 16.7 Å². The smallest absolute Gasteiger partial charge is 0.335 e. The van der Waals surface area contributed by atoms with Gasteiger partial charge in [0.1, 0.15) is 12.4 Å². The Morgan fingerprint density at radius 2 is 1.84 bits per heavy atom. The first-order valence-corrected chi connectivity index (χ1v) is 12.2. The number of carbonyl (C=O) groups is 3. The van der Waals surface area contributed by atoms with E-state index in [1.807, 2.05) is 24.3 Å². The number of ketones is 1. The topological polar surface area (TPSA) is 118 Å². The zero-order chi connectivity index (χ0) is 26.6. The van der Waals surface area contributed by atoms with Gasteiger partial charge >= 0.3 is 5.97 Å². The molecule has 1 aliphatic rings. The third kappa shape index (κ3) is 5.23. The number of aromatic nitrogens is 4. The number of hydrogen-bond acceptors (Lipinski definition) is 6. The summed E-state index contributed by atoms with van der Waals surface area (Å²) in [6.07, 6.45) is 5.19. The molecule has 1 amide bonds. The minimum Gasteiger partial charge on any atom is -0.478 e. The third-order valence-corrected chi connectivity index (χ3v) is 6.68. The Hall–Kier alpha value is -4.63. The second kappa shape index (κ2) is 10.8. The number of carboxylic acids is 1. The second-order valence-corrected chi connectivity index (χ2v) is 9.26. The van der Waals surface area contributed by atoms with Gasteiger partial charge in [0.15, 0.2) is 5.78 Å². The summed E-state index contributed by atoms with van der Waals surface area (Å²) in [6, 6.07) is 18.2. The maximum absolute atomic E-state index is 13.6. The Labute approximate surface area is 223 Å². The molecule has 10 heteroatoms. The lowest BCUT2D eigenvalue weighted by Gasteiger charge is -2.36. The monoisotopic (exact) mass is 527 g/mol. The molecule has 190 valence electrons. The van der Waals surface area contributed by atoms with Gasteiger partial charge in [-0.15, -0.1) is 5.10 Å². The van der Waals surface area contributed by atoms with Crippen LogP contribution >= 0.6 is 11.6 Å². The minimum atomic E-state index is -1.03. The fourth-order valence-electron chi connectivity index (χ4n) is 4.61. The predicted molar refractivity (Wildman–Crippen MR) is 140 cm³/mol. The van der Waals surface area contributed by atoms with E-state index in [2.05, 4.69) is 15.5 Å². The Bertz CT molecular complexity index is 1530. The summed E-state index contributed by atoms with van der Waals surface area (Å²) in [5.41, 5.74) is 3.92. The van der Waals surface area contributed by atoms with Gasteiger partial charge < -0.3 is 10.0 Å². The van der Waals surface area contributed by atoms with E-state index in [0.29, 0.717) is 34.8 Å². The largest absolute Gasteiger partial charge is 0.478 e. The number of hydrogen-bond donors (Lipinski definition) is 1. The molecule has 0 unspecified atom stereocenters. The minimum absolute atomic E-state index is 0.0597. The summed E-state index contributed by atoms with van der Waals surface area (Å²) < 4.78 is 1.47. The number of Topliss-reactive ketones (excluding diaryl/α,β-unsaturated/α-hetero) is 1. The second-order valence-electron chi connectivity index (χ2n) is 8.82. The van der Waals surface area contributed by atoms with Gasteiger partial charge in [0.05, 0.1) is 11.3 Å². The number of tetrazole rings is 1. The average Bonchev–Trinajstić information content (AvgIpc) is 3.46. The highest BCUT2D eigenvalue weighted by molar-refractivity contribution is 6.30. The van der Waals surface area contributed by atoms with E-state index >= 15 is 0 Å². The average molecular weight is 528 g/mol. The number of halogens is 1. The van der Waals surface area contributed by atoms with Crippen LogP contribution in [0.25, 0.3) is 11.8 Å². The summed E-state index contributed by atoms with van der Waals surface area (Å²) >= 11 is 6.20. The summed E-state index contributed by atoms with van der Waals surface area (Å²) in [5.74, 6) is -1.50. The lowest BCUT2D eigenvalue weighted by Crippen LogP contribution is -2.43. The molecule has 1 aliphatic heterocycles. The molecule has 0 radical (unpaired) electrons. The van der Waals surface area contributed by atoms with Crippen LogP contribution in [0.1, 0.15) is 38.7 Å². The molecule has 0 fully saturated rings. The molecule has 1 atom stereocenters. The van der Waals surface area contributed by atoms with Crippen molar-refractivity contribution >= 4 is 35.3 Å². The highest BCUT2D eigenvalue weighted by atomic mass is 35.5. The van der Waals surface area contributed by atoms with Gasteiger partial charge in [-0.05, 0) is 69.9 Å². The van der Waals surface area contributed by atoms with Crippen LogP contribution in [0.15, 0.2) is 79.1 Å². The number of amides is 1. The number of rotatable bonds is 7. The number of carboxylic acid groups (broad SMARTS) is 1. The molecule has 38 heavy (non-hydrogen) atoms. The Morgan fingerprint density at radius 3 is 2.58 bits per heavy atom. The highest BCUT2D eigenvalue weighted by Crippen LogP contribution is 2.32. The summed E-state index contributed by atoms with van der Waals surface area (Å²) in [5, 5.41) is 20.9. The van der Waals surface area contributed by atoms with Crippen LogP contribution in [-0.4, -0.2) is 54.4 Å². The first kappa shape index (κ1) is 25.0. The Kier molecular flexibility index (Phi) is 7.10. The van der Waals surface area contributed by atoms with Gasteiger partial charge in [0.25, 0.3) is 0 Å². The van der Waals surface area contributed by atoms with Gasteiger partial charge in [0, 0.05) is 29.6 Å². The van der Waals surface area contributed by atoms with Crippen molar-refractivity contribution in [2.24, 2.45) is 0 Å². The zero-order valence-electron chi connectivity index (χ0n) is 20.1. The normalized spacial score (nSPS) is 14.9. The molecule has 9 nitrogen and oxygen atoms in total. The van der Waals surface area contributed by atoms with E-state index < -0.39 is 12.0 Å². The molecule has 0 saturated carbocycles. The lowest BCUT2D eigenvalue weighted by atomic mass is 9.88. The summed E-state index contributed by atoms with van der Waals surface area (Å²) in [6.45, 7) is 0.379. The van der Waals surface area contributed by atoms with E-state index in [1.54, 1.807) is 41.3 Å². The predicted octanol–water partition coefficient (Wildman–Crippen LogP) is 3.96. The molecule has 1 aromatic heterocycles. The first-order valence-electron chi connectivity index (χ1n) is 11.8. The van der Waals surface area contributed by atoms with Crippen molar-refractivity contribution in [1.82, 2.24) is 25.1 Å². The molecule has 0 spiro atoms. The van der Waals surface area contributed by atoms with E-state index in [-0.39, 0.29) is 23.7 Å². The maximum atomic E-state index is 13.6. The molecule has 1 N–H and O–H groups in total. The van der Waals surface area contributed by atoms with Gasteiger partial charge in [-0.3, -0.25) is 9.59 Å². The standard InChI is InChI=1S/C28H22ClN5O4/c29-22-10-11-24(34-17-30-31-32-34)21(16-22)9-12-26(36)33-14-13-19-3-1-2-4-23(19)27(33)25(35)15-18-5-7-20(8-6-18)28(37)38/h1-12,16-17,27H,13-15H2,(H,37,38)/b12-9+/t27-/m1/s1. The first-order chi connectivity index (χ1) is 18.4. The van der Waals surface area contributed by atoms with E-state index in [1.165, 1.54) is 29.2 Å².